The van der Waals surface area contributed by atoms with Crippen molar-refractivity contribution in [2.75, 3.05) is 11.9 Å². The van der Waals surface area contributed by atoms with Gasteiger partial charge in [-0.1, -0.05) is 6.07 Å². The molecule has 0 aromatic heterocycles. The second-order valence-electron chi connectivity index (χ2n) is 4.91. The second-order valence-corrected chi connectivity index (χ2v) is 7.04. The van der Waals surface area contributed by atoms with Gasteiger partial charge in [-0.05, 0) is 44.4 Å². The number of fused-ring (bicyclic) bond motifs is 1. The number of nitrogens with one attached hydrogen (secondary N) is 1. The highest BCUT2D eigenvalue weighted by Crippen LogP contribution is 2.37. The fraction of sp³-hybridized carbons (Fsp3) is 0.538. The molecule has 1 aromatic rings. The number of sulfone groups is 1. The molecule has 0 fully saturated rings. The summed E-state index contributed by atoms with van der Waals surface area (Å²) in [5.41, 5.74) is 2.77. The Morgan fingerprint density at radius 3 is 2.61 bits per heavy atom. The molecule has 1 aliphatic heterocycles. The zero-order valence-electron chi connectivity index (χ0n) is 10.9. The first kappa shape index (κ1) is 13.4. The van der Waals surface area contributed by atoms with Gasteiger partial charge in [-0.3, -0.25) is 0 Å². The summed E-state index contributed by atoms with van der Waals surface area (Å²) in [4.78, 5) is 0.363. The highest BCUT2D eigenvalue weighted by atomic mass is 32.2. The van der Waals surface area contributed by atoms with E-state index >= 15 is 0 Å². The van der Waals surface area contributed by atoms with Crippen molar-refractivity contribution in [1.29, 1.82) is 0 Å². The van der Waals surface area contributed by atoms with E-state index in [2.05, 4.69) is 5.32 Å². The Morgan fingerprint density at radius 1 is 1.33 bits per heavy atom. The summed E-state index contributed by atoms with van der Waals surface area (Å²) in [6.45, 7) is 5.63. The Kier molecular flexibility index (Phi) is 3.38. The van der Waals surface area contributed by atoms with Gasteiger partial charge >= 0.3 is 0 Å². The van der Waals surface area contributed by atoms with Gasteiger partial charge in [0.25, 0.3) is 0 Å². The standard InChI is InChI=1S/C13H19NO3S/c1-8-4-5-12-13(9(8)2)14-10(3)11(6-7-15)18(12,16)17/h4-5,10-11,14-15H,6-7H2,1-3H3. The van der Waals surface area contributed by atoms with Crippen LogP contribution in [0.4, 0.5) is 5.69 Å². The molecule has 0 aliphatic carbocycles. The summed E-state index contributed by atoms with van der Waals surface area (Å²) < 4.78 is 25.0. The molecule has 4 nitrogen and oxygen atoms in total. The van der Waals surface area contributed by atoms with Crippen molar-refractivity contribution in [3.63, 3.8) is 0 Å². The summed E-state index contributed by atoms with van der Waals surface area (Å²) in [5.74, 6) is 0. The van der Waals surface area contributed by atoms with Crippen molar-refractivity contribution < 1.29 is 13.5 Å². The highest BCUT2D eigenvalue weighted by Gasteiger charge is 2.38. The van der Waals surface area contributed by atoms with Crippen LogP contribution < -0.4 is 5.32 Å². The maximum Gasteiger partial charge on any atom is 0.185 e. The molecule has 18 heavy (non-hydrogen) atoms. The molecule has 1 aromatic carbocycles. The Hall–Kier alpha value is -1.07. The number of benzene rings is 1. The third-order valence-corrected chi connectivity index (χ3v) is 6.14. The fourth-order valence-electron chi connectivity index (χ4n) is 2.49. The Morgan fingerprint density at radius 2 is 2.00 bits per heavy atom. The molecule has 2 unspecified atom stereocenters. The van der Waals surface area contributed by atoms with Crippen LogP contribution in [0, 0.1) is 13.8 Å². The highest BCUT2D eigenvalue weighted by molar-refractivity contribution is 7.92. The van der Waals surface area contributed by atoms with Gasteiger partial charge < -0.3 is 10.4 Å². The predicted octanol–water partition coefficient (Wildman–Crippen LogP) is 1.64. The van der Waals surface area contributed by atoms with Crippen molar-refractivity contribution in [2.24, 2.45) is 0 Å². The topological polar surface area (TPSA) is 66.4 Å². The molecule has 0 bridgehead atoms. The molecule has 0 radical (unpaired) electrons. The molecule has 0 saturated heterocycles. The molecule has 5 heteroatoms. The molecule has 2 N–H and O–H groups in total. The number of aliphatic hydroxyl groups excluding tert-OH is 1. The van der Waals surface area contributed by atoms with Crippen LogP contribution >= 0.6 is 0 Å². The van der Waals surface area contributed by atoms with Crippen molar-refractivity contribution in [1.82, 2.24) is 0 Å². The van der Waals surface area contributed by atoms with E-state index in [1.165, 1.54) is 0 Å². The van der Waals surface area contributed by atoms with Crippen LogP contribution in [-0.4, -0.2) is 31.4 Å². The minimum absolute atomic E-state index is 0.115. The van der Waals surface area contributed by atoms with Gasteiger partial charge in [0.15, 0.2) is 9.84 Å². The average Bonchev–Trinajstić information content (AvgIpc) is 2.30. The first-order valence-electron chi connectivity index (χ1n) is 6.11. The predicted molar refractivity (Wildman–Crippen MR) is 71.7 cm³/mol. The van der Waals surface area contributed by atoms with Gasteiger partial charge in [-0.25, -0.2) is 8.42 Å². The Labute approximate surface area is 108 Å². The lowest BCUT2D eigenvalue weighted by molar-refractivity contribution is 0.282. The van der Waals surface area contributed by atoms with E-state index in [1.807, 2.05) is 26.8 Å². The van der Waals surface area contributed by atoms with E-state index in [4.69, 9.17) is 5.11 Å². The smallest absolute Gasteiger partial charge is 0.185 e. The molecule has 0 saturated carbocycles. The van der Waals surface area contributed by atoms with E-state index in [-0.39, 0.29) is 19.1 Å². The second kappa shape index (κ2) is 4.55. The summed E-state index contributed by atoms with van der Waals surface area (Å²) in [5, 5.41) is 11.7. The van der Waals surface area contributed by atoms with Crippen molar-refractivity contribution >= 4 is 15.5 Å². The van der Waals surface area contributed by atoms with Crippen LogP contribution in [0.15, 0.2) is 17.0 Å². The summed E-state index contributed by atoms with van der Waals surface area (Å²) in [6.07, 6.45) is 0.267. The summed E-state index contributed by atoms with van der Waals surface area (Å²) in [6, 6.07) is 3.31. The van der Waals surface area contributed by atoms with Crippen LogP contribution in [0.2, 0.25) is 0 Å². The largest absolute Gasteiger partial charge is 0.396 e. The minimum Gasteiger partial charge on any atom is -0.396 e. The first-order valence-corrected chi connectivity index (χ1v) is 7.65. The van der Waals surface area contributed by atoms with E-state index in [1.54, 1.807) is 6.07 Å². The SMILES string of the molecule is Cc1ccc2c(c1C)NC(C)C(CCO)S2(=O)=O. The van der Waals surface area contributed by atoms with Crippen LogP contribution in [0.1, 0.15) is 24.5 Å². The Balaban J connectivity index is 2.62. The van der Waals surface area contributed by atoms with E-state index < -0.39 is 15.1 Å². The molecule has 0 spiro atoms. The van der Waals surface area contributed by atoms with Crippen LogP contribution in [-0.2, 0) is 9.84 Å². The quantitative estimate of drug-likeness (QED) is 0.856. The van der Waals surface area contributed by atoms with Crippen molar-refractivity contribution in [2.45, 2.75) is 43.4 Å². The van der Waals surface area contributed by atoms with Crippen LogP contribution in [0.3, 0.4) is 0 Å². The van der Waals surface area contributed by atoms with E-state index in [0.717, 1.165) is 16.8 Å². The van der Waals surface area contributed by atoms with Crippen LogP contribution in [0.5, 0.6) is 0 Å². The molecule has 2 rings (SSSR count). The maximum absolute atomic E-state index is 12.5. The molecule has 1 heterocycles. The number of rotatable bonds is 2. The van der Waals surface area contributed by atoms with Gasteiger partial charge in [-0.15, -0.1) is 0 Å². The summed E-state index contributed by atoms with van der Waals surface area (Å²) >= 11 is 0. The molecule has 1 aliphatic rings. The third-order valence-electron chi connectivity index (χ3n) is 3.75. The zero-order chi connectivity index (χ0) is 13.5. The van der Waals surface area contributed by atoms with Gasteiger partial charge in [0.05, 0.1) is 15.8 Å². The molecule has 2 atom stereocenters. The fourth-order valence-corrected chi connectivity index (χ4v) is 4.59. The van der Waals surface area contributed by atoms with Crippen LogP contribution in [0.25, 0.3) is 0 Å². The lowest BCUT2D eigenvalue weighted by Gasteiger charge is -2.33. The maximum atomic E-state index is 12.5. The minimum atomic E-state index is -3.36. The normalized spacial score (nSPS) is 25.3. The molecular formula is C13H19NO3S. The number of anilines is 1. The molecule has 0 amide bonds. The lowest BCUT2D eigenvalue weighted by Crippen LogP contribution is -2.42. The van der Waals surface area contributed by atoms with Crippen molar-refractivity contribution in [3.8, 4) is 0 Å². The van der Waals surface area contributed by atoms with Gasteiger partial charge in [0.2, 0.25) is 0 Å². The average molecular weight is 269 g/mol. The number of aliphatic hydroxyl groups is 1. The first-order chi connectivity index (χ1) is 8.39. The third kappa shape index (κ3) is 1.91. The van der Waals surface area contributed by atoms with Gasteiger partial charge in [0, 0.05) is 12.6 Å². The molecular weight excluding hydrogens is 250 g/mol. The van der Waals surface area contributed by atoms with Crippen molar-refractivity contribution in [3.05, 3.63) is 23.3 Å². The zero-order valence-corrected chi connectivity index (χ0v) is 11.7. The van der Waals surface area contributed by atoms with Gasteiger partial charge in [-0.2, -0.15) is 0 Å². The van der Waals surface area contributed by atoms with E-state index in [0.29, 0.717) is 4.90 Å². The number of hydrogen-bond acceptors (Lipinski definition) is 4. The summed E-state index contributed by atoms with van der Waals surface area (Å²) in [7, 11) is -3.36. The number of aryl methyl sites for hydroxylation is 1. The molecule has 100 valence electrons. The lowest BCUT2D eigenvalue weighted by atomic mass is 10.1. The number of hydrogen-bond donors (Lipinski definition) is 2. The Bertz CT molecular complexity index is 566. The van der Waals surface area contributed by atoms with E-state index in [9.17, 15) is 8.42 Å². The van der Waals surface area contributed by atoms with Gasteiger partial charge in [0.1, 0.15) is 0 Å². The monoisotopic (exact) mass is 269 g/mol.